The standard InChI is InChI=1S/C42H57FN4O6/c1-23(2)32-27(48)20-42(45-36-47-46-34(53-36)26-12-10-24(43)22-44-26)19-18-40(8)25(33(32)42)11-13-29-39(7)16-15-30(52-31(49)21-37(3,4)35(50)51)38(5,6)28(39)14-17-41(29,40)9/h10,12,22-23,25,28-30H,11,13-21H2,1-9H3,(H,45,47)(H,50,51)/t25-,28+,29-,30+,39+,40-,41-,42-/m1/s1. The molecule has 5 aliphatic rings. The second kappa shape index (κ2) is 12.4. The summed E-state index contributed by atoms with van der Waals surface area (Å²) in [5.41, 5.74) is 0.507. The molecule has 4 fully saturated rings. The van der Waals surface area contributed by atoms with Crippen molar-refractivity contribution in [1.29, 1.82) is 0 Å². The quantitative estimate of drug-likeness (QED) is 0.253. The highest BCUT2D eigenvalue weighted by molar-refractivity contribution is 6.02. The van der Waals surface area contributed by atoms with Gasteiger partial charge in [0.05, 0.1) is 23.6 Å². The average Bonchev–Trinajstić information content (AvgIpc) is 3.64. The van der Waals surface area contributed by atoms with Crippen LogP contribution in [0.4, 0.5) is 10.4 Å². The van der Waals surface area contributed by atoms with Crippen molar-refractivity contribution in [3.05, 3.63) is 35.3 Å². The first-order chi connectivity index (χ1) is 24.7. The number of ether oxygens (including phenoxy) is 1. The summed E-state index contributed by atoms with van der Waals surface area (Å²) < 4.78 is 25.8. The highest BCUT2D eigenvalue weighted by Gasteiger charge is 2.70. The molecule has 0 saturated heterocycles. The molecule has 0 unspecified atom stereocenters. The Bertz CT molecular complexity index is 1850. The number of nitrogens with zero attached hydrogens (tertiary/aromatic N) is 3. The lowest BCUT2D eigenvalue weighted by Gasteiger charge is -2.72. The summed E-state index contributed by atoms with van der Waals surface area (Å²) in [7, 11) is 0. The van der Waals surface area contributed by atoms with Crippen molar-refractivity contribution < 1.29 is 33.0 Å². The number of hydrogen-bond acceptors (Lipinski definition) is 9. The van der Waals surface area contributed by atoms with Crippen LogP contribution in [0, 0.1) is 56.6 Å². The van der Waals surface area contributed by atoms with Gasteiger partial charge in [-0.2, -0.15) is 0 Å². The number of nitrogens with one attached hydrogen (secondary N) is 1. The van der Waals surface area contributed by atoms with E-state index in [0.717, 1.165) is 63.1 Å². The van der Waals surface area contributed by atoms with Gasteiger partial charge in [0.2, 0.25) is 0 Å². The third-order valence-electron chi connectivity index (χ3n) is 15.5. The molecule has 4 saturated carbocycles. The van der Waals surface area contributed by atoms with E-state index >= 15 is 0 Å². The topological polar surface area (TPSA) is 145 Å². The van der Waals surface area contributed by atoms with Gasteiger partial charge in [0.25, 0.3) is 5.89 Å². The van der Waals surface area contributed by atoms with Crippen LogP contribution in [-0.2, 0) is 19.1 Å². The number of anilines is 1. The van der Waals surface area contributed by atoms with E-state index in [0.29, 0.717) is 24.0 Å². The van der Waals surface area contributed by atoms with Gasteiger partial charge in [0.1, 0.15) is 17.6 Å². The lowest BCUT2D eigenvalue weighted by atomic mass is 9.33. The predicted octanol–water partition coefficient (Wildman–Crippen LogP) is 8.83. The Labute approximate surface area is 312 Å². The van der Waals surface area contributed by atoms with Crippen LogP contribution in [0.2, 0.25) is 0 Å². The number of halogens is 1. The van der Waals surface area contributed by atoms with Gasteiger partial charge in [0, 0.05) is 11.8 Å². The van der Waals surface area contributed by atoms with Crippen molar-refractivity contribution in [1.82, 2.24) is 15.2 Å². The molecule has 7 rings (SSSR count). The molecule has 11 heteroatoms. The number of esters is 1. The molecular formula is C42H57FN4O6. The fourth-order valence-corrected chi connectivity index (χ4v) is 12.7. The third kappa shape index (κ3) is 5.68. The maximum Gasteiger partial charge on any atom is 0.316 e. The van der Waals surface area contributed by atoms with E-state index in [1.54, 1.807) is 13.8 Å². The highest BCUT2D eigenvalue weighted by Crippen LogP contribution is 2.76. The van der Waals surface area contributed by atoms with E-state index in [1.807, 2.05) is 0 Å². The second-order valence-electron chi connectivity index (χ2n) is 19.4. The zero-order chi connectivity index (χ0) is 38.5. The number of carbonyl (C=O) groups excluding carboxylic acids is 2. The molecule has 288 valence electrons. The number of pyridine rings is 1. The fraction of sp³-hybridized carbons (Fsp3) is 0.714. The molecule has 2 heterocycles. The number of ketones is 1. The van der Waals surface area contributed by atoms with Crippen LogP contribution < -0.4 is 5.32 Å². The normalized spacial score (nSPS) is 36.3. The van der Waals surface area contributed by atoms with Crippen LogP contribution in [0.5, 0.6) is 0 Å². The Hall–Kier alpha value is -3.63. The summed E-state index contributed by atoms with van der Waals surface area (Å²) in [6, 6.07) is 3.06. The molecule has 10 nitrogen and oxygen atoms in total. The number of carboxylic acids is 1. The Morgan fingerprint density at radius 2 is 1.74 bits per heavy atom. The zero-order valence-electron chi connectivity index (χ0n) is 32.9. The molecule has 8 atom stereocenters. The maximum absolute atomic E-state index is 14.0. The van der Waals surface area contributed by atoms with Gasteiger partial charge in [-0.15, -0.1) is 5.10 Å². The molecule has 0 aromatic carbocycles. The second-order valence-corrected chi connectivity index (χ2v) is 19.4. The summed E-state index contributed by atoms with van der Waals surface area (Å²) in [5, 5.41) is 21.8. The van der Waals surface area contributed by atoms with Gasteiger partial charge in [-0.25, -0.2) is 9.37 Å². The molecular weight excluding hydrogens is 675 g/mol. The van der Waals surface area contributed by atoms with Crippen molar-refractivity contribution in [3.63, 3.8) is 0 Å². The van der Waals surface area contributed by atoms with Crippen LogP contribution in [0.25, 0.3) is 11.6 Å². The summed E-state index contributed by atoms with van der Waals surface area (Å²) in [6.07, 6.45) is 8.61. The largest absolute Gasteiger partial charge is 0.481 e. The zero-order valence-corrected chi connectivity index (χ0v) is 32.9. The first-order valence-corrected chi connectivity index (χ1v) is 19.6. The molecule has 2 aromatic rings. The lowest BCUT2D eigenvalue weighted by molar-refractivity contribution is -0.231. The van der Waals surface area contributed by atoms with E-state index in [2.05, 4.69) is 69.0 Å². The minimum Gasteiger partial charge on any atom is -0.481 e. The molecule has 2 N–H and O–H groups in total. The number of carboxylic acid groups (broad SMARTS) is 1. The Kier molecular flexibility index (Phi) is 8.85. The Morgan fingerprint density at radius 1 is 1.00 bits per heavy atom. The van der Waals surface area contributed by atoms with E-state index < -0.39 is 28.7 Å². The number of Topliss-reactive ketones (excluding diaryl/α,β-unsaturated/α-hetero) is 1. The van der Waals surface area contributed by atoms with E-state index in [-0.39, 0.29) is 63.7 Å². The summed E-state index contributed by atoms with van der Waals surface area (Å²) >= 11 is 0. The van der Waals surface area contributed by atoms with Gasteiger partial charge in [-0.3, -0.25) is 14.4 Å². The Balaban J connectivity index is 1.17. The number of rotatable bonds is 8. The number of carbonyl (C=O) groups is 3. The molecule has 5 aliphatic carbocycles. The highest BCUT2D eigenvalue weighted by atomic mass is 19.1. The molecule has 0 spiro atoms. The van der Waals surface area contributed by atoms with Gasteiger partial charge >= 0.3 is 18.0 Å². The van der Waals surface area contributed by atoms with Gasteiger partial charge < -0.3 is 19.6 Å². The van der Waals surface area contributed by atoms with E-state index in [9.17, 15) is 23.9 Å². The molecule has 53 heavy (non-hydrogen) atoms. The smallest absolute Gasteiger partial charge is 0.316 e. The number of aliphatic carboxylic acids is 1. The summed E-state index contributed by atoms with van der Waals surface area (Å²) in [5.74, 6) is -0.417. The minimum absolute atomic E-state index is 0.0189. The summed E-state index contributed by atoms with van der Waals surface area (Å²) in [4.78, 5) is 43.0. The molecule has 0 amide bonds. The lowest BCUT2D eigenvalue weighted by Crippen LogP contribution is -2.66. The molecule has 0 bridgehead atoms. The van der Waals surface area contributed by atoms with Crippen LogP contribution in [-0.4, -0.2) is 49.7 Å². The third-order valence-corrected chi connectivity index (χ3v) is 15.5. The molecule has 0 radical (unpaired) electrons. The van der Waals surface area contributed by atoms with E-state index in [4.69, 9.17) is 9.15 Å². The number of aromatic nitrogens is 3. The van der Waals surface area contributed by atoms with Crippen LogP contribution in [0.3, 0.4) is 0 Å². The monoisotopic (exact) mass is 732 g/mol. The summed E-state index contributed by atoms with van der Waals surface area (Å²) in [6.45, 7) is 19.4. The maximum atomic E-state index is 14.0. The van der Waals surface area contributed by atoms with Crippen LogP contribution >= 0.6 is 0 Å². The van der Waals surface area contributed by atoms with E-state index in [1.165, 1.54) is 17.7 Å². The van der Waals surface area contributed by atoms with Crippen molar-refractivity contribution >= 4 is 23.7 Å². The SMILES string of the molecule is CC(C)C1=C2[C@H]3CC[C@@H]4[C@@]5(C)CC[C@H](OC(=O)CC(C)(C)C(=O)O)C(C)(C)[C@@H]5CC[C@@]4(C)[C@]3(C)CC[C@@]2(Nc2nnc(-c3ccc(F)cn3)o2)CC1=O. The van der Waals surface area contributed by atoms with Crippen LogP contribution in [0.15, 0.2) is 33.9 Å². The number of fused-ring (bicyclic) bond motifs is 7. The predicted molar refractivity (Wildman–Crippen MR) is 197 cm³/mol. The van der Waals surface area contributed by atoms with Crippen molar-refractivity contribution in [2.75, 3.05) is 5.32 Å². The van der Waals surface area contributed by atoms with Gasteiger partial charge in [0.15, 0.2) is 5.78 Å². The van der Waals surface area contributed by atoms with Gasteiger partial charge in [-0.05, 0) is 128 Å². The molecule has 0 aliphatic heterocycles. The van der Waals surface area contributed by atoms with Crippen molar-refractivity contribution in [3.8, 4) is 11.6 Å². The fourth-order valence-electron chi connectivity index (χ4n) is 12.7. The average molecular weight is 733 g/mol. The minimum atomic E-state index is -1.18. The molecule has 2 aromatic heterocycles. The Morgan fingerprint density at radius 3 is 2.40 bits per heavy atom. The van der Waals surface area contributed by atoms with Crippen LogP contribution in [0.1, 0.15) is 127 Å². The number of hydrogen-bond donors (Lipinski definition) is 2. The van der Waals surface area contributed by atoms with Gasteiger partial charge in [-0.1, -0.05) is 53.6 Å². The first-order valence-electron chi connectivity index (χ1n) is 19.6. The van der Waals surface area contributed by atoms with Crippen molar-refractivity contribution in [2.45, 2.75) is 138 Å². The first kappa shape index (κ1) is 37.7. The van der Waals surface area contributed by atoms with Crippen molar-refractivity contribution in [2.24, 2.45) is 50.7 Å². The number of allylic oxidation sites excluding steroid dienone is 1.